The van der Waals surface area contributed by atoms with E-state index in [9.17, 15) is 8.42 Å². The molecule has 0 amide bonds. The van der Waals surface area contributed by atoms with Gasteiger partial charge in [-0.15, -0.1) is 11.3 Å². The molecule has 31 heavy (non-hydrogen) atoms. The third-order valence-corrected chi connectivity index (χ3v) is 7.46. The van der Waals surface area contributed by atoms with Gasteiger partial charge in [-0.3, -0.25) is 4.72 Å². The topological polar surface area (TPSA) is 88.1 Å². The summed E-state index contributed by atoms with van der Waals surface area (Å²) in [6.07, 6.45) is 2.76. The molecule has 0 aromatic carbocycles. The van der Waals surface area contributed by atoms with Crippen LogP contribution < -0.4 is 4.72 Å². The van der Waals surface area contributed by atoms with E-state index in [1.54, 1.807) is 13.0 Å². The molecule has 1 N–H and O–H groups in total. The summed E-state index contributed by atoms with van der Waals surface area (Å²) < 4.78 is 43.1. The van der Waals surface area contributed by atoms with Crippen LogP contribution in [0.4, 0.5) is 4.39 Å². The predicted octanol–water partition coefficient (Wildman–Crippen LogP) is 4.72. The summed E-state index contributed by atoms with van der Waals surface area (Å²) in [6, 6.07) is 1.64. The Hall–Kier alpha value is -2.14. The van der Waals surface area contributed by atoms with Gasteiger partial charge in [0.2, 0.25) is 5.28 Å². The molecular weight excluding hydrogens is 461 g/mol. The van der Waals surface area contributed by atoms with Gasteiger partial charge in [0.1, 0.15) is 0 Å². The Balaban J connectivity index is 2.66. The van der Waals surface area contributed by atoms with Crippen LogP contribution >= 0.6 is 22.9 Å². The van der Waals surface area contributed by atoms with Crippen LogP contribution in [0, 0.1) is 0 Å². The Morgan fingerprint density at radius 3 is 2.55 bits per heavy atom. The minimum Gasteiger partial charge on any atom is -0.269 e. The normalized spacial score (nSPS) is 13.2. The van der Waals surface area contributed by atoms with E-state index >= 15 is 4.39 Å². The number of halogens is 2. The largest absolute Gasteiger partial charge is 0.301 e. The van der Waals surface area contributed by atoms with Crippen molar-refractivity contribution in [2.75, 3.05) is 13.6 Å². The zero-order chi connectivity index (χ0) is 23.6. The molecule has 0 bridgehead atoms. The van der Waals surface area contributed by atoms with E-state index < -0.39 is 21.7 Å². The van der Waals surface area contributed by atoms with Crippen LogP contribution in [0.25, 0.3) is 16.1 Å². The molecule has 2 rings (SSSR count). The lowest BCUT2D eigenvalue weighted by molar-refractivity contribution is 0.477. The molecule has 0 saturated carbocycles. The first-order valence-electron chi connectivity index (χ1n) is 9.28. The molecule has 0 aliphatic rings. The van der Waals surface area contributed by atoms with Crippen LogP contribution in [-0.4, -0.2) is 41.3 Å². The van der Waals surface area contributed by atoms with Gasteiger partial charge < -0.3 is 0 Å². The Morgan fingerprint density at radius 2 is 2.03 bits per heavy atom. The zero-order valence-corrected chi connectivity index (χ0v) is 20.4. The van der Waals surface area contributed by atoms with Gasteiger partial charge >= 0.3 is 10.2 Å². The average Bonchev–Trinajstić information content (AvgIpc) is 3.13. The summed E-state index contributed by atoms with van der Waals surface area (Å²) >= 11 is 7.28. The number of aromatic nitrogens is 3. The van der Waals surface area contributed by atoms with Gasteiger partial charge in [0.25, 0.3) is 0 Å². The predicted molar refractivity (Wildman–Crippen MR) is 125 cm³/mol. The van der Waals surface area contributed by atoms with E-state index in [4.69, 9.17) is 11.6 Å². The zero-order valence-electron chi connectivity index (χ0n) is 18.0. The molecule has 2 heterocycles. The highest BCUT2D eigenvalue weighted by molar-refractivity contribution is 7.87. The highest BCUT2D eigenvalue weighted by atomic mass is 35.5. The number of rotatable bonds is 8. The fourth-order valence-corrected chi connectivity index (χ4v) is 4.51. The first-order chi connectivity index (χ1) is 14.3. The van der Waals surface area contributed by atoms with Crippen LogP contribution in [0.1, 0.15) is 38.4 Å². The Labute approximate surface area is 191 Å². The molecular formula is C20H25ClFN5O2S2. The minimum absolute atomic E-state index is 0.0108. The monoisotopic (exact) mass is 485 g/mol. The van der Waals surface area contributed by atoms with E-state index in [1.807, 2.05) is 20.8 Å². The molecule has 0 atom stereocenters. The summed E-state index contributed by atoms with van der Waals surface area (Å²) in [5.74, 6) is -0.893. The molecule has 0 unspecified atom stereocenters. The van der Waals surface area contributed by atoms with Gasteiger partial charge in [-0.05, 0) is 17.7 Å². The molecule has 0 aliphatic carbocycles. The van der Waals surface area contributed by atoms with E-state index in [2.05, 4.69) is 32.8 Å². The molecule has 168 valence electrons. The number of thiazole rings is 1. The molecule has 0 saturated heterocycles. The molecule has 0 fully saturated rings. The minimum atomic E-state index is -3.94. The molecule has 0 aliphatic heterocycles. The Morgan fingerprint density at radius 1 is 1.39 bits per heavy atom. The highest BCUT2D eigenvalue weighted by Gasteiger charge is 2.27. The van der Waals surface area contributed by atoms with Crippen LogP contribution in [0.5, 0.6) is 0 Å². The van der Waals surface area contributed by atoms with Crippen molar-refractivity contribution in [1.82, 2.24) is 24.0 Å². The Bertz CT molecular complexity index is 1140. The number of hydrogen-bond donors (Lipinski definition) is 1. The maximum absolute atomic E-state index is 15.4. The molecule has 0 radical (unpaired) electrons. The van der Waals surface area contributed by atoms with Crippen molar-refractivity contribution < 1.29 is 12.8 Å². The van der Waals surface area contributed by atoms with Gasteiger partial charge in [0.05, 0.1) is 27.0 Å². The fourth-order valence-electron chi connectivity index (χ4n) is 2.36. The lowest BCUT2D eigenvalue weighted by atomic mass is 9.98. The van der Waals surface area contributed by atoms with Gasteiger partial charge in [-0.2, -0.15) is 12.7 Å². The van der Waals surface area contributed by atoms with E-state index in [0.29, 0.717) is 10.6 Å². The van der Waals surface area contributed by atoms with E-state index in [1.165, 1.54) is 30.7 Å². The number of nitrogens with one attached hydrogen (secondary N) is 1. The van der Waals surface area contributed by atoms with Crippen molar-refractivity contribution in [1.29, 1.82) is 0 Å². The second-order valence-electron chi connectivity index (χ2n) is 7.59. The van der Waals surface area contributed by atoms with Gasteiger partial charge in [-0.1, -0.05) is 46.9 Å². The van der Waals surface area contributed by atoms with E-state index in [-0.39, 0.29) is 28.5 Å². The molecule has 2 aromatic heterocycles. The lowest BCUT2D eigenvalue weighted by Crippen LogP contribution is -2.37. The summed E-state index contributed by atoms with van der Waals surface area (Å²) in [6.45, 7) is 15.1. The van der Waals surface area contributed by atoms with Crippen LogP contribution in [0.3, 0.4) is 0 Å². The standard InChI is InChI=1S/C20H25ClFN5O2S2/c1-8-13(15(22)12(3)26-31(28,29)27(7)9-2)16-17(14-10-11-23-19(21)24-14)30-18(25-16)20(4,5)6/h8,10-11,26H,1,3,9H2,2,4-7H3/b15-13-. The average molecular weight is 486 g/mol. The quantitative estimate of drug-likeness (QED) is 0.432. The summed E-state index contributed by atoms with van der Waals surface area (Å²) in [5, 5.41) is 0.773. The SMILES string of the molecule is C=C/C(=C(/F)C(=C)NS(=O)(=O)N(C)CC)c1nc(C(C)(C)C)sc1-c1ccnc(Cl)n1. The van der Waals surface area contributed by atoms with Crippen LogP contribution in [0.2, 0.25) is 5.28 Å². The van der Waals surface area contributed by atoms with Crippen molar-refractivity contribution in [3.8, 4) is 10.6 Å². The Kier molecular flexibility index (Phi) is 7.75. The smallest absolute Gasteiger partial charge is 0.269 e. The van der Waals surface area contributed by atoms with Gasteiger partial charge in [0.15, 0.2) is 5.83 Å². The third kappa shape index (κ3) is 5.76. The highest BCUT2D eigenvalue weighted by Crippen LogP contribution is 2.40. The van der Waals surface area contributed by atoms with Crippen LogP contribution in [-0.2, 0) is 15.6 Å². The second kappa shape index (κ2) is 9.56. The lowest BCUT2D eigenvalue weighted by Gasteiger charge is -2.17. The molecule has 0 spiro atoms. The van der Waals surface area contributed by atoms with Crippen molar-refractivity contribution in [2.45, 2.75) is 33.1 Å². The first kappa shape index (κ1) is 25.1. The fraction of sp³-hybridized carbons (Fsp3) is 0.350. The van der Waals surface area contributed by atoms with Crippen molar-refractivity contribution in [2.24, 2.45) is 0 Å². The maximum atomic E-state index is 15.4. The number of nitrogens with zero attached hydrogens (tertiary/aromatic N) is 4. The second-order valence-corrected chi connectivity index (χ2v) is 10.7. The number of hydrogen-bond acceptors (Lipinski definition) is 6. The van der Waals surface area contributed by atoms with Crippen LogP contribution in [0.15, 0.2) is 43.0 Å². The van der Waals surface area contributed by atoms with Gasteiger partial charge in [-0.25, -0.2) is 19.3 Å². The maximum Gasteiger partial charge on any atom is 0.301 e. The number of allylic oxidation sites excluding steroid dienone is 3. The molecule has 2 aromatic rings. The summed E-state index contributed by atoms with van der Waals surface area (Å²) in [4.78, 5) is 13.3. The third-order valence-electron chi connectivity index (χ3n) is 4.20. The van der Waals surface area contributed by atoms with Crippen molar-refractivity contribution >= 4 is 38.7 Å². The van der Waals surface area contributed by atoms with Gasteiger partial charge in [0, 0.05) is 30.8 Å². The molecule has 11 heteroatoms. The summed E-state index contributed by atoms with van der Waals surface area (Å²) in [5.41, 5.74) is -0.0244. The summed E-state index contributed by atoms with van der Waals surface area (Å²) in [7, 11) is -2.57. The van der Waals surface area contributed by atoms with Crippen molar-refractivity contribution in [3.05, 3.63) is 59.0 Å². The van der Waals surface area contributed by atoms with Crippen molar-refractivity contribution in [3.63, 3.8) is 0 Å². The molecule has 7 nitrogen and oxygen atoms in total. The first-order valence-corrected chi connectivity index (χ1v) is 11.9. The van der Waals surface area contributed by atoms with E-state index in [0.717, 1.165) is 9.31 Å².